The van der Waals surface area contributed by atoms with Crippen molar-refractivity contribution in [2.24, 2.45) is 0 Å². The zero-order chi connectivity index (χ0) is 14.5. The summed E-state index contributed by atoms with van der Waals surface area (Å²) in [6, 6.07) is 3.90. The summed E-state index contributed by atoms with van der Waals surface area (Å²) in [7, 11) is 0. The Morgan fingerprint density at radius 2 is 2.48 bits per heavy atom. The smallest absolute Gasteiger partial charge is 0.255 e. The second-order valence-corrected chi connectivity index (χ2v) is 5.94. The van der Waals surface area contributed by atoms with E-state index in [9.17, 15) is 4.79 Å². The van der Waals surface area contributed by atoms with Gasteiger partial charge in [0, 0.05) is 24.4 Å². The largest absolute Gasteiger partial charge is 0.368 e. The number of carbonyl (C=O) groups excluding carboxylic acids is 1. The molecule has 2 aromatic rings. The van der Waals surface area contributed by atoms with E-state index in [1.54, 1.807) is 11.3 Å². The fourth-order valence-electron chi connectivity index (χ4n) is 2.22. The molecule has 1 aliphatic heterocycles. The van der Waals surface area contributed by atoms with Crippen molar-refractivity contribution in [2.45, 2.75) is 31.8 Å². The number of thiophene rings is 1. The third kappa shape index (κ3) is 3.89. The normalized spacial score (nSPS) is 18.0. The van der Waals surface area contributed by atoms with Gasteiger partial charge in [0.25, 0.3) is 5.89 Å². The van der Waals surface area contributed by atoms with Crippen LogP contribution in [0.25, 0.3) is 0 Å². The van der Waals surface area contributed by atoms with Gasteiger partial charge in [0.1, 0.15) is 6.10 Å². The van der Waals surface area contributed by atoms with Gasteiger partial charge in [-0.25, -0.2) is 0 Å². The number of hydrogen-bond acceptors (Lipinski definition) is 6. The van der Waals surface area contributed by atoms with Crippen molar-refractivity contribution in [3.63, 3.8) is 0 Å². The summed E-state index contributed by atoms with van der Waals surface area (Å²) in [5.74, 6) is 1.17. The van der Waals surface area contributed by atoms with Crippen LogP contribution in [0.3, 0.4) is 0 Å². The van der Waals surface area contributed by atoms with Crippen LogP contribution >= 0.6 is 11.3 Å². The number of aromatic nitrogens is 2. The van der Waals surface area contributed by atoms with Crippen molar-refractivity contribution in [3.8, 4) is 0 Å². The highest BCUT2D eigenvalue weighted by molar-refractivity contribution is 7.10. The molecule has 7 heteroatoms. The molecule has 1 fully saturated rings. The number of rotatable bonds is 6. The van der Waals surface area contributed by atoms with Crippen molar-refractivity contribution in [1.29, 1.82) is 0 Å². The first-order chi connectivity index (χ1) is 10.3. The Hall–Kier alpha value is -1.73. The minimum atomic E-state index is -0.0559. The van der Waals surface area contributed by atoms with Crippen LogP contribution in [-0.2, 0) is 22.4 Å². The van der Waals surface area contributed by atoms with E-state index < -0.39 is 0 Å². The minimum Gasteiger partial charge on any atom is -0.368 e. The molecule has 1 amide bonds. The van der Waals surface area contributed by atoms with Crippen molar-refractivity contribution in [1.82, 2.24) is 15.5 Å². The molecular weight excluding hydrogens is 290 g/mol. The number of carbonyl (C=O) groups is 1. The Bertz CT molecular complexity index is 576. The summed E-state index contributed by atoms with van der Waals surface area (Å²) in [4.78, 5) is 17.1. The van der Waals surface area contributed by atoms with E-state index in [0.717, 1.165) is 24.3 Å². The highest BCUT2D eigenvalue weighted by Gasteiger charge is 2.23. The third-order valence-electron chi connectivity index (χ3n) is 3.27. The van der Waals surface area contributed by atoms with Crippen LogP contribution in [0, 0.1) is 0 Å². The molecule has 0 saturated carbocycles. The van der Waals surface area contributed by atoms with Gasteiger partial charge in [-0.2, -0.15) is 4.98 Å². The molecule has 1 aliphatic rings. The topological polar surface area (TPSA) is 77.2 Å². The van der Waals surface area contributed by atoms with Gasteiger partial charge >= 0.3 is 0 Å². The van der Waals surface area contributed by atoms with E-state index in [4.69, 9.17) is 9.26 Å². The standard InChI is InChI=1S/C14H17N3O3S/c18-13(9-10-3-2-8-21-10)15-6-5-12-16-14(20-17-12)11-4-1-7-19-11/h2-3,8,11H,1,4-7,9H2,(H,15,18)/t11-/m1/s1. The van der Waals surface area contributed by atoms with E-state index >= 15 is 0 Å². The second kappa shape index (κ2) is 6.82. The molecule has 0 radical (unpaired) electrons. The lowest BCUT2D eigenvalue weighted by Crippen LogP contribution is -2.27. The van der Waals surface area contributed by atoms with Crippen molar-refractivity contribution in [2.75, 3.05) is 13.2 Å². The third-order valence-corrected chi connectivity index (χ3v) is 4.15. The van der Waals surface area contributed by atoms with Crippen LogP contribution in [0.2, 0.25) is 0 Å². The molecular formula is C14H17N3O3S. The summed E-state index contributed by atoms with van der Waals surface area (Å²) in [5, 5.41) is 8.75. The molecule has 0 spiro atoms. The van der Waals surface area contributed by atoms with Crippen LogP contribution in [-0.4, -0.2) is 29.2 Å². The molecule has 1 atom stereocenters. The fraction of sp³-hybridized carbons (Fsp3) is 0.500. The predicted molar refractivity (Wildman–Crippen MR) is 77.0 cm³/mol. The lowest BCUT2D eigenvalue weighted by atomic mass is 10.2. The van der Waals surface area contributed by atoms with E-state index in [0.29, 0.717) is 31.1 Å². The zero-order valence-corrected chi connectivity index (χ0v) is 12.4. The summed E-state index contributed by atoms with van der Waals surface area (Å²) < 4.78 is 10.7. The Morgan fingerprint density at radius 3 is 3.24 bits per heavy atom. The quantitative estimate of drug-likeness (QED) is 0.881. The summed E-state index contributed by atoms with van der Waals surface area (Å²) in [6.07, 6.45) is 2.89. The Labute approximate surface area is 126 Å². The Kier molecular flexibility index (Phi) is 4.62. The number of amides is 1. The van der Waals surface area contributed by atoms with Crippen molar-refractivity contribution in [3.05, 3.63) is 34.1 Å². The molecule has 21 heavy (non-hydrogen) atoms. The lowest BCUT2D eigenvalue weighted by molar-refractivity contribution is -0.120. The molecule has 3 rings (SSSR count). The van der Waals surface area contributed by atoms with Crippen LogP contribution in [0.1, 0.15) is 35.5 Å². The number of ether oxygens (including phenoxy) is 1. The van der Waals surface area contributed by atoms with E-state index in [1.807, 2.05) is 17.5 Å². The zero-order valence-electron chi connectivity index (χ0n) is 11.6. The van der Waals surface area contributed by atoms with E-state index in [2.05, 4.69) is 15.5 Å². The number of nitrogens with one attached hydrogen (secondary N) is 1. The molecule has 3 heterocycles. The van der Waals surface area contributed by atoms with E-state index in [1.165, 1.54) is 0 Å². The Balaban J connectivity index is 1.41. The maximum absolute atomic E-state index is 11.7. The SMILES string of the molecule is O=C(Cc1cccs1)NCCc1noc([C@H]2CCCO2)n1. The van der Waals surface area contributed by atoms with Gasteiger partial charge < -0.3 is 14.6 Å². The minimum absolute atomic E-state index is 0.0142. The lowest BCUT2D eigenvalue weighted by Gasteiger charge is -2.02. The van der Waals surface area contributed by atoms with E-state index in [-0.39, 0.29) is 12.0 Å². The summed E-state index contributed by atoms with van der Waals surface area (Å²) in [5.41, 5.74) is 0. The average molecular weight is 307 g/mol. The first-order valence-corrected chi connectivity index (χ1v) is 7.92. The van der Waals surface area contributed by atoms with Gasteiger partial charge in [-0.1, -0.05) is 11.2 Å². The second-order valence-electron chi connectivity index (χ2n) is 4.91. The van der Waals surface area contributed by atoms with Crippen LogP contribution in [0.15, 0.2) is 22.0 Å². The van der Waals surface area contributed by atoms with Gasteiger partial charge in [-0.05, 0) is 24.3 Å². The fourth-order valence-corrected chi connectivity index (χ4v) is 2.92. The first-order valence-electron chi connectivity index (χ1n) is 7.04. The monoisotopic (exact) mass is 307 g/mol. The highest BCUT2D eigenvalue weighted by Crippen LogP contribution is 2.26. The molecule has 6 nitrogen and oxygen atoms in total. The summed E-state index contributed by atoms with van der Waals surface area (Å²) in [6.45, 7) is 1.26. The predicted octanol–water partition coefficient (Wildman–Crippen LogP) is 1.88. The van der Waals surface area contributed by atoms with Gasteiger partial charge in [0.15, 0.2) is 5.82 Å². The molecule has 1 N–H and O–H groups in total. The summed E-state index contributed by atoms with van der Waals surface area (Å²) >= 11 is 1.58. The molecule has 112 valence electrons. The molecule has 1 saturated heterocycles. The van der Waals surface area contributed by atoms with Gasteiger partial charge in [-0.15, -0.1) is 11.3 Å². The average Bonchev–Trinajstić information content (AvgIpc) is 3.21. The van der Waals surface area contributed by atoms with Gasteiger partial charge in [-0.3, -0.25) is 4.79 Å². The van der Waals surface area contributed by atoms with Crippen LogP contribution in [0.4, 0.5) is 0 Å². The Morgan fingerprint density at radius 1 is 1.52 bits per heavy atom. The van der Waals surface area contributed by atoms with Crippen molar-refractivity contribution < 1.29 is 14.1 Å². The number of hydrogen-bond donors (Lipinski definition) is 1. The van der Waals surface area contributed by atoms with Gasteiger partial charge in [0.05, 0.1) is 6.42 Å². The van der Waals surface area contributed by atoms with Crippen molar-refractivity contribution >= 4 is 17.2 Å². The van der Waals surface area contributed by atoms with Crippen LogP contribution < -0.4 is 5.32 Å². The molecule has 0 aliphatic carbocycles. The molecule has 2 aromatic heterocycles. The van der Waals surface area contributed by atoms with Gasteiger partial charge in [0.2, 0.25) is 5.91 Å². The highest BCUT2D eigenvalue weighted by atomic mass is 32.1. The van der Waals surface area contributed by atoms with Crippen LogP contribution in [0.5, 0.6) is 0 Å². The molecule has 0 bridgehead atoms. The first kappa shape index (κ1) is 14.2. The molecule has 0 unspecified atom stereocenters. The maximum atomic E-state index is 11.7. The number of nitrogens with zero attached hydrogens (tertiary/aromatic N) is 2. The molecule has 0 aromatic carbocycles. The maximum Gasteiger partial charge on any atom is 0.255 e.